The predicted molar refractivity (Wildman–Crippen MR) is 164 cm³/mol. The van der Waals surface area contributed by atoms with Crippen molar-refractivity contribution in [2.24, 2.45) is 0 Å². The van der Waals surface area contributed by atoms with E-state index in [1.165, 1.54) is 17.0 Å². The van der Waals surface area contributed by atoms with Gasteiger partial charge < -0.3 is 15.0 Å². The number of carbonyl (C=O) groups is 1. The van der Waals surface area contributed by atoms with Crippen molar-refractivity contribution in [3.63, 3.8) is 0 Å². The third-order valence-electron chi connectivity index (χ3n) is 7.24. The van der Waals surface area contributed by atoms with Crippen molar-refractivity contribution in [1.82, 2.24) is 19.4 Å². The van der Waals surface area contributed by atoms with Crippen molar-refractivity contribution >= 4 is 51.8 Å². The predicted octanol–water partition coefficient (Wildman–Crippen LogP) is 6.99. The van der Waals surface area contributed by atoms with Gasteiger partial charge in [-0.15, -0.1) is 0 Å². The molecule has 5 rings (SSSR count). The fourth-order valence-corrected chi connectivity index (χ4v) is 5.77. The second-order valence-corrected chi connectivity index (χ2v) is 12.4. The summed E-state index contributed by atoms with van der Waals surface area (Å²) < 4.78 is 6.84. The molecule has 1 amide bonds. The molecule has 0 saturated carbocycles. The molecule has 0 aliphatic carbocycles. The number of amides is 1. The quantitative estimate of drug-likeness (QED) is 0.267. The third kappa shape index (κ3) is 5.91. The third-order valence-corrected chi connectivity index (χ3v) is 7.85. The number of ether oxygens (including phenoxy) is 1. The van der Waals surface area contributed by atoms with Gasteiger partial charge in [0.2, 0.25) is 5.95 Å². The van der Waals surface area contributed by atoms with Crippen LogP contribution < -0.4 is 10.9 Å². The highest BCUT2D eigenvalue weighted by atomic mass is 35.5. The van der Waals surface area contributed by atoms with Crippen LogP contribution >= 0.6 is 23.2 Å². The minimum atomic E-state index is -0.545. The monoisotopic (exact) mass is 604 g/mol. The molecule has 9 nitrogen and oxygen atoms in total. The lowest BCUT2D eigenvalue weighted by Crippen LogP contribution is -2.48. The van der Waals surface area contributed by atoms with Crippen molar-refractivity contribution in [3.8, 4) is 11.8 Å². The molecule has 0 radical (unpaired) electrons. The Bertz CT molecular complexity index is 1760. The normalized spacial score (nSPS) is 17.1. The van der Waals surface area contributed by atoms with E-state index in [1.54, 1.807) is 23.1 Å². The maximum absolute atomic E-state index is 13.3. The number of para-hydroxylation sites is 1. The number of fused-ring (bicyclic) bond motifs is 1. The molecule has 2 aromatic heterocycles. The summed E-state index contributed by atoms with van der Waals surface area (Å²) in [4.78, 5) is 36.6. The zero-order chi connectivity index (χ0) is 30.2. The first-order valence-electron chi connectivity index (χ1n) is 13.5. The average Bonchev–Trinajstić information content (AvgIpc) is 2.93. The molecule has 216 valence electrons. The lowest BCUT2D eigenvalue weighted by Gasteiger charge is -2.41. The Balaban J connectivity index is 1.39. The molecule has 1 N–H and O–H groups in total. The summed E-state index contributed by atoms with van der Waals surface area (Å²) in [6.07, 6.45) is 4.30. The van der Waals surface area contributed by atoms with Crippen molar-refractivity contribution in [3.05, 3.63) is 86.4 Å². The Morgan fingerprint density at radius 1 is 1.14 bits per heavy atom. The number of likely N-dealkylation sites (tertiary alicyclic amines) is 1. The highest BCUT2D eigenvalue weighted by molar-refractivity contribution is 6.37. The minimum Gasteiger partial charge on any atom is -0.444 e. The molecule has 0 spiro atoms. The van der Waals surface area contributed by atoms with Crippen LogP contribution in [0.2, 0.25) is 10.0 Å². The maximum Gasteiger partial charge on any atom is 0.410 e. The number of nitrogens with one attached hydrogen (secondary N) is 1. The lowest BCUT2D eigenvalue weighted by molar-refractivity contribution is 0.0146. The standard InChI is InChI=1S/C31H30Cl2N6O3/c1-30(2,3)42-29(41)38-14-6-13-31(4,18-38)20-9-11-21(12-10-20)36-28-35-16-22-25(37-28)19(15-34)17-39(27(22)40)26-23(32)7-5-8-24(26)33/h5,7-12,16-17H,6,13-14,18H2,1-4H3,(H,35,36,37). The van der Waals surface area contributed by atoms with Crippen LogP contribution in [0.5, 0.6) is 0 Å². The Hall–Kier alpha value is -4.13. The average molecular weight is 606 g/mol. The summed E-state index contributed by atoms with van der Waals surface area (Å²) in [7, 11) is 0. The van der Waals surface area contributed by atoms with E-state index >= 15 is 0 Å². The molecule has 1 saturated heterocycles. The van der Waals surface area contributed by atoms with Gasteiger partial charge in [0.05, 0.1) is 26.7 Å². The largest absolute Gasteiger partial charge is 0.444 e. The van der Waals surface area contributed by atoms with Crippen LogP contribution in [0, 0.1) is 11.3 Å². The van der Waals surface area contributed by atoms with E-state index in [1.807, 2.05) is 45.0 Å². The molecule has 1 fully saturated rings. The number of anilines is 2. The van der Waals surface area contributed by atoms with Gasteiger partial charge in [-0.1, -0.05) is 48.3 Å². The second-order valence-electron chi connectivity index (χ2n) is 11.6. The molecule has 1 aliphatic rings. The minimum absolute atomic E-state index is 0.158. The number of nitriles is 1. The molecule has 1 aliphatic heterocycles. The van der Waals surface area contributed by atoms with Gasteiger partial charge in [0.25, 0.3) is 5.56 Å². The molecule has 11 heteroatoms. The highest BCUT2D eigenvalue weighted by Gasteiger charge is 2.36. The summed E-state index contributed by atoms with van der Waals surface area (Å²) in [5.41, 5.74) is 1.29. The number of halogens is 2. The van der Waals surface area contributed by atoms with Crippen LogP contribution in [0.25, 0.3) is 16.6 Å². The van der Waals surface area contributed by atoms with E-state index < -0.39 is 11.2 Å². The van der Waals surface area contributed by atoms with Gasteiger partial charge in [0.15, 0.2) is 0 Å². The second kappa shape index (κ2) is 11.3. The summed E-state index contributed by atoms with van der Waals surface area (Å²) in [6, 6.07) is 14.9. The fourth-order valence-electron chi connectivity index (χ4n) is 5.19. The number of hydrogen-bond donors (Lipinski definition) is 1. The summed E-state index contributed by atoms with van der Waals surface area (Å²) in [6.45, 7) is 9.00. The van der Waals surface area contributed by atoms with Gasteiger partial charge in [-0.05, 0) is 63.4 Å². The Morgan fingerprint density at radius 2 is 1.83 bits per heavy atom. The number of carbonyl (C=O) groups excluding carboxylic acids is 1. The Kier molecular flexibility index (Phi) is 7.88. The number of piperidine rings is 1. The number of nitrogens with zero attached hydrogens (tertiary/aromatic N) is 5. The Labute approximate surface area is 253 Å². The van der Waals surface area contributed by atoms with E-state index in [2.05, 4.69) is 28.3 Å². The molecule has 1 atom stereocenters. The summed E-state index contributed by atoms with van der Waals surface area (Å²) >= 11 is 12.6. The van der Waals surface area contributed by atoms with E-state index in [4.69, 9.17) is 27.9 Å². The number of benzene rings is 2. The molecule has 0 bridgehead atoms. The van der Waals surface area contributed by atoms with E-state index in [0.29, 0.717) is 13.1 Å². The van der Waals surface area contributed by atoms with Gasteiger partial charge in [0, 0.05) is 36.6 Å². The van der Waals surface area contributed by atoms with Crippen molar-refractivity contribution in [1.29, 1.82) is 5.26 Å². The van der Waals surface area contributed by atoms with Gasteiger partial charge in [-0.25, -0.2) is 14.8 Å². The molecule has 42 heavy (non-hydrogen) atoms. The number of aromatic nitrogens is 3. The molecule has 4 aromatic rings. The number of rotatable bonds is 4. The van der Waals surface area contributed by atoms with Gasteiger partial charge in [-0.2, -0.15) is 5.26 Å². The number of pyridine rings is 1. The first-order chi connectivity index (χ1) is 19.9. The fraction of sp³-hybridized carbons (Fsp3) is 0.323. The van der Waals surface area contributed by atoms with E-state index in [0.717, 1.165) is 24.1 Å². The van der Waals surface area contributed by atoms with Gasteiger partial charge >= 0.3 is 6.09 Å². The van der Waals surface area contributed by atoms with Crippen LogP contribution in [0.4, 0.5) is 16.4 Å². The molecule has 1 unspecified atom stereocenters. The molecular formula is C31H30Cl2N6O3. The Morgan fingerprint density at radius 3 is 2.48 bits per heavy atom. The van der Waals surface area contributed by atoms with Gasteiger partial charge in [0.1, 0.15) is 17.2 Å². The van der Waals surface area contributed by atoms with Crippen LogP contribution in [0.3, 0.4) is 0 Å². The van der Waals surface area contributed by atoms with E-state index in [9.17, 15) is 14.9 Å². The topological polar surface area (TPSA) is 113 Å². The molecular weight excluding hydrogens is 575 g/mol. The van der Waals surface area contributed by atoms with Crippen molar-refractivity contribution < 1.29 is 9.53 Å². The summed E-state index contributed by atoms with van der Waals surface area (Å²) in [5.74, 6) is 0.236. The first-order valence-corrected chi connectivity index (χ1v) is 14.3. The number of hydrogen-bond acceptors (Lipinski definition) is 7. The lowest BCUT2D eigenvalue weighted by atomic mass is 9.76. The zero-order valence-electron chi connectivity index (χ0n) is 23.7. The SMILES string of the molecule is CC(C)(C)OC(=O)N1CCCC(C)(c2ccc(Nc3ncc4c(=O)n(-c5c(Cl)cccc5Cl)cc(C#N)c4n3)cc2)C1. The van der Waals surface area contributed by atoms with Crippen LogP contribution in [0.15, 0.2) is 59.7 Å². The smallest absolute Gasteiger partial charge is 0.410 e. The van der Waals surface area contributed by atoms with Crippen LogP contribution in [-0.4, -0.2) is 44.2 Å². The van der Waals surface area contributed by atoms with Crippen molar-refractivity contribution in [2.75, 3.05) is 18.4 Å². The van der Waals surface area contributed by atoms with Crippen LogP contribution in [-0.2, 0) is 10.2 Å². The van der Waals surface area contributed by atoms with E-state index in [-0.39, 0.29) is 49.7 Å². The van der Waals surface area contributed by atoms with Gasteiger partial charge in [-0.3, -0.25) is 9.36 Å². The highest BCUT2D eigenvalue weighted by Crippen LogP contribution is 2.35. The maximum atomic E-state index is 13.3. The van der Waals surface area contributed by atoms with Crippen LogP contribution in [0.1, 0.15) is 51.7 Å². The zero-order valence-corrected chi connectivity index (χ0v) is 25.3. The van der Waals surface area contributed by atoms with Crippen molar-refractivity contribution in [2.45, 2.75) is 51.6 Å². The summed E-state index contributed by atoms with van der Waals surface area (Å²) in [5, 5.41) is 13.7. The first kappa shape index (κ1) is 29.4. The molecule has 3 heterocycles. The molecule has 2 aromatic carbocycles.